The van der Waals surface area contributed by atoms with Crippen molar-refractivity contribution in [3.63, 3.8) is 0 Å². The van der Waals surface area contributed by atoms with E-state index in [4.69, 9.17) is 10.8 Å². The topological polar surface area (TPSA) is 72.5 Å². The number of carbonyl (C=O) groups is 1. The summed E-state index contributed by atoms with van der Waals surface area (Å²) < 4.78 is 4.37. The summed E-state index contributed by atoms with van der Waals surface area (Å²) in [5.74, 6) is -0.572. The summed E-state index contributed by atoms with van der Waals surface area (Å²) in [6.07, 6.45) is 0.371. The van der Waals surface area contributed by atoms with Crippen LogP contribution in [0, 0.1) is 0 Å². The van der Waals surface area contributed by atoms with E-state index < -0.39 is 11.5 Å². The minimum absolute atomic E-state index is 0.371. The number of esters is 1. The Kier molecular flexibility index (Phi) is 3.32. The molecule has 0 amide bonds. The Hall–Kier alpha value is -0.610. The van der Waals surface area contributed by atoms with Gasteiger partial charge in [0.2, 0.25) is 0 Å². The molecule has 1 atom stereocenters. The molecule has 4 heteroatoms. The molecule has 0 saturated carbocycles. The van der Waals surface area contributed by atoms with Gasteiger partial charge in [-0.1, -0.05) is 6.92 Å². The summed E-state index contributed by atoms with van der Waals surface area (Å²) in [6.45, 7) is 1.34. The zero-order valence-electron chi connectivity index (χ0n) is 6.26. The zero-order valence-corrected chi connectivity index (χ0v) is 6.26. The van der Waals surface area contributed by atoms with Gasteiger partial charge in [0.1, 0.15) is 5.54 Å². The van der Waals surface area contributed by atoms with E-state index in [0.717, 1.165) is 0 Å². The number of methoxy groups -OCH3 is 1. The molecule has 60 valence electrons. The minimum atomic E-state index is -1.21. The summed E-state index contributed by atoms with van der Waals surface area (Å²) >= 11 is 0. The lowest BCUT2D eigenvalue weighted by Gasteiger charge is -2.21. The van der Waals surface area contributed by atoms with Crippen LogP contribution in [0.5, 0.6) is 0 Å². The zero-order chi connectivity index (χ0) is 8.20. The Bertz CT molecular complexity index is 120. The van der Waals surface area contributed by atoms with E-state index in [9.17, 15) is 4.79 Å². The first-order valence-electron chi connectivity index (χ1n) is 3.09. The maximum atomic E-state index is 10.8. The smallest absolute Gasteiger partial charge is 0.328 e. The van der Waals surface area contributed by atoms with Crippen LogP contribution in [0.1, 0.15) is 13.3 Å². The number of hydrogen-bond acceptors (Lipinski definition) is 4. The number of aliphatic hydroxyl groups excluding tert-OH is 1. The molecule has 0 saturated heterocycles. The van der Waals surface area contributed by atoms with E-state index in [1.165, 1.54) is 7.11 Å². The van der Waals surface area contributed by atoms with Gasteiger partial charge in [-0.2, -0.15) is 0 Å². The van der Waals surface area contributed by atoms with Crippen molar-refractivity contribution >= 4 is 5.97 Å². The van der Waals surface area contributed by atoms with E-state index in [0.29, 0.717) is 6.42 Å². The molecule has 10 heavy (non-hydrogen) atoms. The van der Waals surface area contributed by atoms with E-state index in [-0.39, 0.29) is 6.61 Å². The lowest BCUT2D eigenvalue weighted by atomic mass is 9.99. The fraction of sp³-hybridized carbons (Fsp3) is 0.833. The molecule has 0 aliphatic carbocycles. The van der Waals surface area contributed by atoms with Crippen molar-refractivity contribution in [3.8, 4) is 0 Å². The molecule has 4 nitrogen and oxygen atoms in total. The van der Waals surface area contributed by atoms with Gasteiger partial charge in [-0.3, -0.25) is 0 Å². The third-order valence-electron chi connectivity index (χ3n) is 1.50. The lowest BCUT2D eigenvalue weighted by molar-refractivity contribution is -0.148. The van der Waals surface area contributed by atoms with Crippen molar-refractivity contribution < 1.29 is 14.6 Å². The Morgan fingerprint density at radius 2 is 2.30 bits per heavy atom. The molecule has 0 radical (unpaired) electrons. The van der Waals surface area contributed by atoms with Gasteiger partial charge in [0.05, 0.1) is 13.7 Å². The van der Waals surface area contributed by atoms with Gasteiger partial charge < -0.3 is 15.6 Å². The van der Waals surface area contributed by atoms with E-state index in [1.807, 2.05) is 0 Å². The Balaban J connectivity index is 4.17. The molecule has 0 aromatic rings. The number of nitrogens with two attached hydrogens (primary N) is 1. The molecule has 0 aromatic carbocycles. The predicted octanol–water partition coefficient (Wildman–Crippen LogP) is -0.741. The van der Waals surface area contributed by atoms with Crippen LogP contribution >= 0.6 is 0 Å². The first-order chi connectivity index (χ1) is 4.60. The monoisotopic (exact) mass is 147 g/mol. The van der Waals surface area contributed by atoms with Gasteiger partial charge in [0.15, 0.2) is 0 Å². The van der Waals surface area contributed by atoms with Crippen molar-refractivity contribution in [1.82, 2.24) is 0 Å². The first-order valence-corrected chi connectivity index (χ1v) is 3.09. The van der Waals surface area contributed by atoms with Gasteiger partial charge in [-0.15, -0.1) is 0 Å². The largest absolute Gasteiger partial charge is 0.468 e. The normalized spacial score (nSPS) is 16.0. The second kappa shape index (κ2) is 3.53. The number of hydrogen-bond donors (Lipinski definition) is 2. The second-order valence-corrected chi connectivity index (χ2v) is 2.16. The molecular weight excluding hydrogens is 134 g/mol. The van der Waals surface area contributed by atoms with Crippen molar-refractivity contribution in [1.29, 1.82) is 0 Å². The van der Waals surface area contributed by atoms with Crippen LogP contribution in [0.4, 0.5) is 0 Å². The van der Waals surface area contributed by atoms with Gasteiger partial charge in [0.25, 0.3) is 0 Å². The highest BCUT2D eigenvalue weighted by Gasteiger charge is 2.32. The van der Waals surface area contributed by atoms with Crippen LogP contribution in [0.25, 0.3) is 0 Å². The molecule has 0 aliphatic heterocycles. The van der Waals surface area contributed by atoms with Crippen molar-refractivity contribution in [2.45, 2.75) is 18.9 Å². The molecule has 0 aliphatic rings. The van der Waals surface area contributed by atoms with Gasteiger partial charge in [-0.05, 0) is 6.42 Å². The maximum absolute atomic E-state index is 10.8. The van der Waals surface area contributed by atoms with Gasteiger partial charge in [-0.25, -0.2) is 4.79 Å². The van der Waals surface area contributed by atoms with Crippen LogP contribution in [0.3, 0.4) is 0 Å². The Morgan fingerprint density at radius 3 is 2.40 bits per heavy atom. The maximum Gasteiger partial charge on any atom is 0.328 e. The van der Waals surface area contributed by atoms with Crippen molar-refractivity contribution in [2.75, 3.05) is 13.7 Å². The Labute approximate surface area is 60.0 Å². The number of ether oxygens (including phenoxy) is 1. The molecule has 0 rings (SSSR count). The predicted molar refractivity (Wildman–Crippen MR) is 36.3 cm³/mol. The first kappa shape index (κ1) is 9.39. The molecular formula is C6H13NO3. The van der Waals surface area contributed by atoms with Crippen LogP contribution in [0.15, 0.2) is 0 Å². The highest BCUT2D eigenvalue weighted by atomic mass is 16.5. The van der Waals surface area contributed by atoms with E-state index in [1.54, 1.807) is 6.92 Å². The molecule has 0 fully saturated rings. The number of rotatable bonds is 3. The summed E-state index contributed by atoms with van der Waals surface area (Å²) in [7, 11) is 1.25. The molecule has 3 N–H and O–H groups in total. The minimum Gasteiger partial charge on any atom is -0.468 e. The summed E-state index contributed by atoms with van der Waals surface area (Å²) in [6, 6.07) is 0. The SMILES string of the molecule is CCC(N)(CO)C(=O)OC. The highest BCUT2D eigenvalue weighted by molar-refractivity contribution is 5.80. The molecule has 0 heterocycles. The third-order valence-corrected chi connectivity index (χ3v) is 1.50. The van der Waals surface area contributed by atoms with Crippen LogP contribution in [0.2, 0.25) is 0 Å². The lowest BCUT2D eigenvalue weighted by Crippen LogP contribution is -2.51. The van der Waals surface area contributed by atoms with Crippen molar-refractivity contribution in [3.05, 3.63) is 0 Å². The number of carbonyl (C=O) groups excluding carboxylic acids is 1. The van der Waals surface area contributed by atoms with Gasteiger partial charge in [0, 0.05) is 0 Å². The highest BCUT2D eigenvalue weighted by Crippen LogP contribution is 2.06. The van der Waals surface area contributed by atoms with Crippen LogP contribution < -0.4 is 5.73 Å². The quantitative estimate of drug-likeness (QED) is 0.516. The fourth-order valence-electron chi connectivity index (χ4n) is 0.524. The van der Waals surface area contributed by atoms with Crippen molar-refractivity contribution in [2.24, 2.45) is 5.73 Å². The van der Waals surface area contributed by atoms with E-state index >= 15 is 0 Å². The average molecular weight is 147 g/mol. The molecule has 0 bridgehead atoms. The summed E-state index contributed by atoms with van der Waals surface area (Å²) in [5.41, 5.74) is 4.21. The standard InChI is InChI=1S/C6H13NO3/c1-3-6(7,4-8)5(9)10-2/h8H,3-4,7H2,1-2H3. The van der Waals surface area contributed by atoms with E-state index in [2.05, 4.69) is 4.74 Å². The average Bonchev–Trinajstić information content (AvgIpc) is 2.01. The number of aliphatic hydroxyl groups is 1. The second-order valence-electron chi connectivity index (χ2n) is 2.16. The molecule has 0 spiro atoms. The third kappa shape index (κ3) is 1.68. The van der Waals surface area contributed by atoms with Gasteiger partial charge >= 0.3 is 5.97 Å². The molecule has 1 unspecified atom stereocenters. The fourth-order valence-corrected chi connectivity index (χ4v) is 0.524. The summed E-state index contributed by atoms with van der Waals surface area (Å²) in [5, 5.41) is 8.66. The van der Waals surface area contributed by atoms with Crippen LogP contribution in [-0.2, 0) is 9.53 Å². The molecule has 0 aromatic heterocycles. The van der Waals surface area contributed by atoms with Crippen LogP contribution in [-0.4, -0.2) is 30.3 Å². The summed E-state index contributed by atoms with van der Waals surface area (Å²) in [4.78, 5) is 10.8. The Morgan fingerprint density at radius 1 is 1.80 bits per heavy atom.